The normalized spacial score (nSPS) is 13.9. The summed E-state index contributed by atoms with van der Waals surface area (Å²) < 4.78 is 89.4. The van der Waals surface area contributed by atoms with E-state index in [9.17, 15) is 28.1 Å². The second kappa shape index (κ2) is 21.8. The molecule has 0 spiro atoms. The number of rotatable bonds is 24. The second-order valence-corrected chi connectivity index (χ2v) is 11.8. The fraction of sp³-hybridized carbons (Fsp3) is 0.769. The molecule has 0 aliphatic rings. The minimum absolute atomic E-state index is 0.0259. The molecule has 21 heteroatoms. The van der Waals surface area contributed by atoms with E-state index in [-0.39, 0.29) is 26.4 Å². The SMILES string of the molecule is COCC(COC)OC(=O)OCOP(=O)(OCOC(=O)OC(COC)COC)OCC(C)(CF)OC(C(C)C)n1ccc(=O)[nH]c1=O. The zero-order chi connectivity index (χ0) is 35.5. The molecule has 0 amide bonds. The van der Waals surface area contributed by atoms with E-state index in [1.807, 2.05) is 0 Å². The van der Waals surface area contributed by atoms with Crippen LogP contribution in [0.1, 0.15) is 27.0 Å². The van der Waals surface area contributed by atoms with Crippen LogP contribution in [-0.4, -0.2) is 121 Å². The highest BCUT2D eigenvalue weighted by molar-refractivity contribution is 7.48. The number of H-pyrrole nitrogens is 1. The molecular formula is C26H44FN2O17P. The van der Waals surface area contributed by atoms with Crippen LogP contribution in [-0.2, 0) is 60.8 Å². The maximum Gasteiger partial charge on any atom is 0.510 e. The van der Waals surface area contributed by atoms with Gasteiger partial charge in [-0.25, -0.2) is 32.4 Å². The number of carbonyl (C=O) groups is 2. The molecule has 1 heterocycles. The van der Waals surface area contributed by atoms with Gasteiger partial charge >= 0.3 is 25.8 Å². The van der Waals surface area contributed by atoms with Crippen LogP contribution in [0.15, 0.2) is 21.9 Å². The van der Waals surface area contributed by atoms with E-state index >= 15 is 0 Å². The van der Waals surface area contributed by atoms with Crippen LogP contribution in [0.5, 0.6) is 0 Å². The van der Waals surface area contributed by atoms with Gasteiger partial charge in [-0.2, -0.15) is 0 Å². The lowest BCUT2D eigenvalue weighted by Gasteiger charge is -2.34. The van der Waals surface area contributed by atoms with E-state index in [1.54, 1.807) is 13.8 Å². The van der Waals surface area contributed by atoms with Crippen molar-refractivity contribution in [1.29, 1.82) is 0 Å². The van der Waals surface area contributed by atoms with Crippen LogP contribution >= 0.6 is 7.82 Å². The van der Waals surface area contributed by atoms with Crippen LogP contribution in [0.25, 0.3) is 0 Å². The molecule has 0 aliphatic carbocycles. The number of halogens is 1. The average Bonchev–Trinajstić information content (AvgIpc) is 3.00. The van der Waals surface area contributed by atoms with Crippen molar-refractivity contribution < 1.29 is 74.7 Å². The predicted molar refractivity (Wildman–Crippen MR) is 156 cm³/mol. The van der Waals surface area contributed by atoms with Gasteiger partial charge in [0.05, 0.1) is 33.0 Å². The molecule has 2 unspecified atom stereocenters. The first-order valence-corrected chi connectivity index (χ1v) is 15.4. The van der Waals surface area contributed by atoms with E-state index in [4.69, 9.17) is 56.2 Å². The number of phosphoric ester groups is 1. The number of alkyl halides is 1. The first-order valence-electron chi connectivity index (χ1n) is 14.0. The van der Waals surface area contributed by atoms with Crippen LogP contribution in [0.3, 0.4) is 0 Å². The Morgan fingerprint density at radius 3 is 1.72 bits per heavy atom. The summed E-state index contributed by atoms with van der Waals surface area (Å²) in [5.74, 6) is -0.442. The summed E-state index contributed by atoms with van der Waals surface area (Å²) in [6.45, 7) is 0.275. The van der Waals surface area contributed by atoms with E-state index < -0.39 is 88.2 Å². The zero-order valence-corrected chi connectivity index (χ0v) is 28.2. The van der Waals surface area contributed by atoms with Crippen molar-refractivity contribution in [2.45, 2.75) is 44.8 Å². The number of carbonyl (C=O) groups excluding carboxylic acids is 2. The summed E-state index contributed by atoms with van der Waals surface area (Å²) in [5, 5.41) is 0. The molecule has 19 nitrogen and oxygen atoms in total. The lowest BCUT2D eigenvalue weighted by atomic mass is 10.1. The molecule has 2 atom stereocenters. The third-order valence-corrected chi connectivity index (χ3v) is 6.91. The summed E-state index contributed by atoms with van der Waals surface area (Å²) in [6.07, 6.45) is -4.17. The summed E-state index contributed by atoms with van der Waals surface area (Å²) in [4.78, 5) is 50.2. The first kappa shape index (κ1) is 42.1. The molecule has 1 N–H and O–H groups in total. The molecule has 0 saturated heterocycles. The van der Waals surface area contributed by atoms with E-state index in [0.29, 0.717) is 0 Å². The maximum atomic E-state index is 14.4. The van der Waals surface area contributed by atoms with Crippen molar-refractivity contribution in [2.75, 3.05) is 81.7 Å². The van der Waals surface area contributed by atoms with Gasteiger partial charge in [-0.15, -0.1) is 0 Å². The summed E-state index contributed by atoms with van der Waals surface area (Å²) >= 11 is 0. The Bertz CT molecular complexity index is 1180. The fourth-order valence-electron chi connectivity index (χ4n) is 3.46. The monoisotopic (exact) mass is 706 g/mol. The third-order valence-electron chi connectivity index (χ3n) is 5.62. The fourth-order valence-corrected chi connectivity index (χ4v) is 4.48. The minimum atomic E-state index is -4.84. The number of methoxy groups -OCH3 is 4. The molecule has 0 radical (unpaired) electrons. The van der Waals surface area contributed by atoms with Gasteiger partial charge in [-0.3, -0.25) is 18.9 Å². The summed E-state index contributed by atoms with van der Waals surface area (Å²) in [5.41, 5.74) is -3.37. The molecule has 0 bridgehead atoms. The molecule has 1 rings (SSSR count). The number of nitrogens with zero attached hydrogens (tertiary/aromatic N) is 1. The molecule has 1 aromatic rings. The minimum Gasteiger partial charge on any atom is -0.426 e. The standard InChI is InChI=1S/C26H44FN2O17P/c1-18(2)22(29-9-8-21(30)28-23(29)31)46-26(3,14-27)15-41-47(34,42-16-39-24(32)44-19(10-35-4)11-36-5)43-17-40-25(33)45-20(12-37-6)13-38-7/h8-9,18-20,22H,10-17H2,1-7H3,(H,28,30,31). The van der Waals surface area contributed by atoms with Crippen molar-refractivity contribution >= 4 is 20.1 Å². The molecule has 0 aromatic carbocycles. The van der Waals surface area contributed by atoms with E-state index in [2.05, 4.69) is 4.98 Å². The number of hydrogen-bond acceptors (Lipinski definition) is 17. The topological polar surface area (TPSA) is 217 Å². The highest BCUT2D eigenvalue weighted by Crippen LogP contribution is 2.50. The number of aromatic amines is 1. The van der Waals surface area contributed by atoms with Crippen molar-refractivity contribution in [3.8, 4) is 0 Å². The van der Waals surface area contributed by atoms with Gasteiger partial charge in [0.1, 0.15) is 18.5 Å². The molecule has 1 aromatic heterocycles. The molecule has 272 valence electrons. The zero-order valence-electron chi connectivity index (χ0n) is 27.3. The van der Waals surface area contributed by atoms with Crippen molar-refractivity contribution in [1.82, 2.24) is 9.55 Å². The van der Waals surface area contributed by atoms with Crippen LogP contribution in [0.4, 0.5) is 14.0 Å². The van der Waals surface area contributed by atoms with Crippen molar-refractivity contribution in [3.05, 3.63) is 33.1 Å². The van der Waals surface area contributed by atoms with Gasteiger partial charge in [0, 0.05) is 40.7 Å². The third kappa shape index (κ3) is 16.1. The Labute approximate surface area is 270 Å². The number of hydrogen-bond donors (Lipinski definition) is 1. The Balaban J connectivity index is 3.05. The lowest BCUT2D eigenvalue weighted by Crippen LogP contribution is -2.43. The summed E-state index contributed by atoms with van der Waals surface area (Å²) in [7, 11) is 0.640. The predicted octanol–water partition coefficient (Wildman–Crippen LogP) is 2.14. The number of ether oxygens (including phenoxy) is 9. The van der Waals surface area contributed by atoms with Gasteiger partial charge in [-0.05, 0) is 12.8 Å². The van der Waals surface area contributed by atoms with Crippen molar-refractivity contribution in [2.24, 2.45) is 5.92 Å². The molecule has 0 aliphatic heterocycles. The molecule has 47 heavy (non-hydrogen) atoms. The van der Waals surface area contributed by atoms with Gasteiger partial charge in [-0.1, -0.05) is 13.8 Å². The Hall–Kier alpha value is -2.94. The quantitative estimate of drug-likeness (QED) is 0.0925. The number of aromatic nitrogens is 2. The lowest BCUT2D eigenvalue weighted by molar-refractivity contribution is -0.164. The summed E-state index contributed by atoms with van der Waals surface area (Å²) in [6, 6.07) is 1.08. The number of phosphoric acid groups is 1. The number of nitrogens with one attached hydrogen (secondary N) is 1. The highest BCUT2D eigenvalue weighted by Gasteiger charge is 2.38. The van der Waals surface area contributed by atoms with Gasteiger partial charge in [0.25, 0.3) is 5.56 Å². The van der Waals surface area contributed by atoms with Gasteiger partial charge < -0.3 is 42.6 Å². The van der Waals surface area contributed by atoms with E-state index in [0.717, 1.165) is 10.6 Å². The first-order chi connectivity index (χ1) is 22.2. The van der Waals surface area contributed by atoms with Crippen LogP contribution in [0, 0.1) is 5.92 Å². The molecule has 0 fully saturated rings. The average molecular weight is 707 g/mol. The Morgan fingerprint density at radius 1 is 0.872 bits per heavy atom. The Kier molecular flexibility index (Phi) is 19.6. The maximum absolute atomic E-state index is 14.4. The second-order valence-electron chi connectivity index (χ2n) is 10.2. The Morgan fingerprint density at radius 2 is 1.34 bits per heavy atom. The van der Waals surface area contributed by atoms with E-state index in [1.165, 1.54) is 41.6 Å². The van der Waals surface area contributed by atoms with Gasteiger partial charge in [0.15, 0.2) is 12.2 Å². The van der Waals surface area contributed by atoms with Crippen LogP contribution < -0.4 is 11.2 Å². The highest BCUT2D eigenvalue weighted by atomic mass is 31.2. The van der Waals surface area contributed by atoms with Gasteiger partial charge in [0.2, 0.25) is 13.6 Å². The molecular weight excluding hydrogens is 662 g/mol. The van der Waals surface area contributed by atoms with Crippen molar-refractivity contribution in [3.63, 3.8) is 0 Å². The van der Waals surface area contributed by atoms with Crippen LogP contribution in [0.2, 0.25) is 0 Å². The molecule has 0 saturated carbocycles. The largest absolute Gasteiger partial charge is 0.510 e. The smallest absolute Gasteiger partial charge is 0.426 e.